The third kappa shape index (κ3) is 3.42. The lowest BCUT2D eigenvalue weighted by atomic mass is 9.92. The SMILES string of the molecule is CN(c1ccc(F)cc1)c1ccc2c(c1)OCC[C@H]2CNC(=O)O. The van der Waals surface area contributed by atoms with Gasteiger partial charge in [0.05, 0.1) is 6.61 Å². The minimum absolute atomic E-state index is 0.107. The number of amides is 1. The minimum Gasteiger partial charge on any atom is -0.493 e. The summed E-state index contributed by atoms with van der Waals surface area (Å²) in [5.74, 6) is 0.606. The van der Waals surface area contributed by atoms with E-state index in [1.807, 2.05) is 30.1 Å². The molecule has 0 fully saturated rings. The summed E-state index contributed by atoms with van der Waals surface area (Å²) < 4.78 is 18.8. The van der Waals surface area contributed by atoms with Crippen LogP contribution in [0.4, 0.5) is 20.6 Å². The fourth-order valence-electron chi connectivity index (χ4n) is 2.90. The number of benzene rings is 2. The lowest BCUT2D eigenvalue weighted by Gasteiger charge is -2.28. The molecule has 24 heavy (non-hydrogen) atoms. The van der Waals surface area contributed by atoms with Crippen molar-refractivity contribution in [3.05, 3.63) is 53.8 Å². The summed E-state index contributed by atoms with van der Waals surface area (Å²) in [7, 11) is 1.90. The number of carboxylic acid groups (broad SMARTS) is 1. The average Bonchev–Trinajstić information content (AvgIpc) is 2.59. The molecule has 126 valence electrons. The normalized spacial score (nSPS) is 16.0. The number of hydrogen-bond acceptors (Lipinski definition) is 3. The fraction of sp³-hybridized carbons (Fsp3) is 0.278. The Hall–Kier alpha value is -2.76. The molecule has 2 aromatic rings. The third-order valence-electron chi connectivity index (χ3n) is 4.26. The molecule has 0 unspecified atom stereocenters. The van der Waals surface area contributed by atoms with Crippen molar-refractivity contribution in [2.45, 2.75) is 12.3 Å². The van der Waals surface area contributed by atoms with Crippen molar-refractivity contribution in [2.24, 2.45) is 0 Å². The van der Waals surface area contributed by atoms with Crippen LogP contribution in [0.15, 0.2) is 42.5 Å². The zero-order chi connectivity index (χ0) is 17.1. The third-order valence-corrected chi connectivity index (χ3v) is 4.26. The Labute approximate surface area is 139 Å². The molecule has 0 aromatic heterocycles. The summed E-state index contributed by atoms with van der Waals surface area (Å²) >= 11 is 0. The molecule has 0 spiro atoms. The highest BCUT2D eigenvalue weighted by molar-refractivity contribution is 5.66. The molecule has 0 bridgehead atoms. The van der Waals surface area contributed by atoms with Crippen LogP contribution >= 0.6 is 0 Å². The second kappa shape index (κ2) is 6.78. The number of halogens is 1. The molecule has 1 atom stereocenters. The topological polar surface area (TPSA) is 61.8 Å². The maximum Gasteiger partial charge on any atom is 0.404 e. The van der Waals surface area contributed by atoms with Gasteiger partial charge in [-0.1, -0.05) is 6.07 Å². The number of ether oxygens (including phenoxy) is 1. The number of hydrogen-bond donors (Lipinski definition) is 2. The maximum atomic E-state index is 13.1. The molecule has 0 aliphatic carbocycles. The molecule has 2 aromatic carbocycles. The van der Waals surface area contributed by atoms with Crippen LogP contribution in [-0.4, -0.2) is 31.4 Å². The smallest absolute Gasteiger partial charge is 0.404 e. The van der Waals surface area contributed by atoms with E-state index in [9.17, 15) is 9.18 Å². The summed E-state index contributed by atoms with van der Waals surface area (Å²) in [5.41, 5.74) is 2.80. The summed E-state index contributed by atoms with van der Waals surface area (Å²) in [5, 5.41) is 11.2. The number of nitrogens with one attached hydrogen (secondary N) is 1. The van der Waals surface area contributed by atoms with Crippen molar-refractivity contribution < 1.29 is 19.0 Å². The molecule has 0 saturated carbocycles. The summed E-state index contributed by atoms with van der Waals surface area (Å²) in [4.78, 5) is 12.6. The Morgan fingerprint density at radius 1 is 1.29 bits per heavy atom. The van der Waals surface area contributed by atoms with Gasteiger partial charge in [-0.3, -0.25) is 0 Å². The molecule has 0 radical (unpaired) electrons. The van der Waals surface area contributed by atoms with E-state index >= 15 is 0 Å². The number of carbonyl (C=O) groups is 1. The largest absolute Gasteiger partial charge is 0.493 e. The van der Waals surface area contributed by atoms with Gasteiger partial charge in [0.25, 0.3) is 0 Å². The Morgan fingerprint density at radius 2 is 2.00 bits per heavy atom. The van der Waals surface area contributed by atoms with Crippen LogP contribution in [0.3, 0.4) is 0 Å². The van der Waals surface area contributed by atoms with Gasteiger partial charge in [-0.2, -0.15) is 0 Å². The van der Waals surface area contributed by atoms with Crippen LogP contribution in [0, 0.1) is 5.82 Å². The van der Waals surface area contributed by atoms with E-state index in [4.69, 9.17) is 9.84 Å². The van der Waals surface area contributed by atoms with Crippen LogP contribution in [0.5, 0.6) is 5.75 Å². The summed E-state index contributed by atoms with van der Waals surface area (Å²) in [6.07, 6.45) is -0.240. The van der Waals surface area contributed by atoms with Crippen molar-refractivity contribution in [1.82, 2.24) is 5.32 Å². The Balaban J connectivity index is 1.82. The molecule has 6 heteroatoms. The van der Waals surface area contributed by atoms with E-state index in [1.54, 1.807) is 12.1 Å². The first kappa shape index (κ1) is 16.1. The van der Waals surface area contributed by atoms with Crippen molar-refractivity contribution in [3.8, 4) is 5.75 Å². The monoisotopic (exact) mass is 330 g/mol. The fourth-order valence-corrected chi connectivity index (χ4v) is 2.90. The van der Waals surface area contributed by atoms with E-state index < -0.39 is 6.09 Å². The molecular formula is C18H19FN2O3. The van der Waals surface area contributed by atoms with Crippen molar-refractivity contribution in [2.75, 3.05) is 25.1 Å². The highest BCUT2D eigenvalue weighted by Gasteiger charge is 2.22. The van der Waals surface area contributed by atoms with Gasteiger partial charge in [0.1, 0.15) is 11.6 Å². The van der Waals surface area contributed by atoms with E-state index in [0.29, 0.717) is 13.2 Å². The molecule has 3 rings (SSSR count). The molecule has 1 amide bonds. The predicted octanol–water partition coefficient (Wildman–Crippen LogP) is 3.73. The van der Waals surface area contributed by atoms with Gasteiger partial charge in [-0.15, -0.1) is 0 Å². The molecule has 1 aliphatic rings. The number of anilines is 2. The van der Waals surface area contributed by atoms with Gasteiger partial charge in [-0.25, -0.2) is 9.18 Å². The number of nitrogens with zero attached hydrogens (tertiary/aromatic N) is 1. The standard InChI is InChI=1S/C18H19FN2O3/c1-21(14-4-2-13(19)3-5-14)15-6-7-16-12(11-20-18(22)23)8-9-24-17(16)10-15/h2-7,10,12,20H,8-9,11H2,1H3,(H,22,23)/t12-/m0/s1. The Kier molecular flexibility index (Phi) is 4.55. The quantitative estimate of drug-likeness (QED) is 0.897. The van der Waals surface area contributed by atoms with Gasteiger partial charge in [0.2, 0.25) is 0 Å². The van der Waals surface area contributed by atoms with Crippen LogP contribution < -0.4 is 15.0 Å². The Bertz CT molecular complexity index is 734. The zero-order valence-electron chi connectivity index (χ0n) is 13.3. The summed E-state index contributed by atoms with van der Waals surface area (Å²) in [6.45, 7) is 0.932. The van der Waals surface area contributed by atoms with Gasteiger partial charge in [0.15, 0.2) is 0 Å². The number of fused-ring (bicyclic) bond motifs is 1. The lowest BCUT2D eigenvalue weighted by molar-refractivity contribution is 0.191. The molecule has 0 saturated heterocycles. The van der Waals surface area contributed by atoms with Gasteiger partial charge in [-0.05, 0) is 42.3 Å². The first-order valence-electron chi connectivity index (χ1n) is 7.77. The van der Waals surface area contributed by atoms with Crippen molar-refractivity contribution in [3.63, 3.8) is 0 Å². The highest BCUT2D eigenvalue weighted by Crippen LogP contribution is 2.37. The Morgan fingerprint density at radius 3 is 2.71 bits per heavy atom. The molecular weight excluding hydrogens is 311 g/mol. The van der Waals surface area contributed by atoms with Crippen molar-refractivity contribution in [1.29, 1.82) is 0 Å². The van der Waals surface area contributed by atoms with Crippen molar-refractivity contribution >= 4 is 17.5 Å². The van der Waals surface area contributed by atoms with Crippen LogP contribution in [0.2, 0.25) is 0 Å². The van der Waals surface area contributed by atoms with Gasteiger partial charge >= 0.3 is 6.09 Å². The summed E-state index contributed by atoms with van der Waals surface area (Å²) in [6, 6.07) is 12.2. The first-order chi connectivity index (χ1) is 11.5. The lowest BCUT2D eigenvalue weighted by Crippen LogP contribution is -2.29. The van der Waals surface area contributed by atoms with E-state index in [-0.39, 0.29) is 11.7 Å². The van der Waals surface area contributed by atoms with Crippen LogP contribution in [-0.2, 0) is 0 Å². The zero-order valence-corrected chi connectivity index (χ0v) is 13.3. The average molecular weight is 330 g/mol. The highest BCUT2D eigenvalue weighted by atomic mass is 19.1. The molecule has 1 heterocycles. The molecule has 1 aliphatic heterocycles. The molecule has 2 N–H and O–H groups in total. The second-order valence-corrected chi connectivity index (χ2v) is 5.78. The minimum atomic E-state index is -1.02. The van der Waals surface area contributed by atoms with E-state index in [0.717, 1.165) is 29.1 Å². The van der Waals surface area contributed by atoms with Gasteiger partial charge in [0, 0.05) is 37.0 Å². The number of rotatable bonds is 4. The predicted molar refractivity (Wildman–Crippen MR) is 89.8 cm³/mol. The second-order valence-electron chi connectivity index (χ2n) is 5.78. The van der Waals surface area contributed by atoms with Crippen LogP contribution in [0.25, 0.3) is 0 Å². The van der Waals surface area contributed by atoms with Gasteiger partial charge < -0.3 is 20.1 Å². The first-order valence-corrected chi connectivity index (χ1v) is 7.77. The maximum absolute atomic E-state index is 13.1. The van der Waals surface area contributed by atoms with E-state index in [1.165, 1.54) is 12.1 Å². The van der Waals surface area contributed by atoms with E-state index in [2.05, 4.69) is 5.32 Å². The van der Waals surface area contributed by atoms with Crippen LogP contribution in [0.1, 0.15) is 17.9 Å². The molecule has 5 nitrogen and oxygen atoms in total.